The largest absolute Gasteiger partial charge is 0.451 e. The first-order valence-corrected chi connectivity index (χ1v) is 10.5. The lowest BCUT2D eigenvalue weighted by Gasteiger charge is -2.08. The molecule has 0 bridgehead atoms. The van der Waals surface area contributed by atoms with E-state index in [2.05, 4.69) is 5.32 Å². The van der Waals surface area contributed by atoms with Crippen LogP contribution in [-0.2, 0) is 0 Å². The van der Waals surface area contributed by atoms with Crippen molar-refractivity contribution in [3.63, 3.8) is 0 Å². The van der Waals surface area contributed by atoms with Crippen molar-refractivity contribution in [3.05, 3.63) is 95.7 Å². The molecule has 30 heavy (non-hydrogen) atoms. The van der Waals surface area contributed by atoms with Crippen molar-refractivity contribution in [2.75, 3.05) is 5.32 Å². The number of hydrogen-bond acceptors (Lipinski definition) is 4. The van der Waals surface area contributed by atoms with Crippen LogP contribution in [0.2, 0.25) is 5.02 Å². The minimum absolute atomic E-state index is 0.235. The summed E-state index contributed by atoms with van der Waals surface area (Å²) in [6.07, 6.45) is 0. The van der Waals surface area contributed by atoms with Gasteiger partial charge in [0.15, 0.2) is 5.76 Å². The highest BCUT2D eigenvalue weighted by molar-refractivity contribution is 7.21. The second-order valence-corrected chi connectivity index (χ2v) is 8.12. The van der Waals surface area contributed by atoms with E-state index in [-0.39, 0.29) is 11.7 Å². The highest BCUT2D eigenvalue weighted by atomic mass is 35.5. The monoisotopic (exact) mass is 430 g/mol. The Hall–Kier alpha value is -3.41. The molecule has 0 saturated heterocycles. The minimum Gasteiger partial charge on any atom is -0.451 e. The molecular formula is C24H15ClN2O2S. The number of anilines is 1. The smallest absolute Gasteiger partial charge is 0.291 e. The molecule has 0 aliphatic rings. The first-order valence-electron chi connectivity index (χ1n) is 9.29. The maximum atomic E-state index is 12.8. The van der Waals surface area contributed by atoms with Crippen LogP contribution in [0.3, 0.4) is 0 Å². The number of nitrogens with zero attached hydrogens (tertiary/aromatic N) is 1. The number of benzene rings is 3. The number of fused-ring (bicyclic) bond motifs is 1. The molecule has 0 fully saturated rings. The predicted molar refractivity (Wildman–Crippen MR) is 122 cm³/mol. The number of rotatable bonds is 4. The number of nitrogens with one attached hydrogen (secondary N) is 1. The summed E-state index contributed by atoms with van der Waals surface area (Å²) in [4.78, 5) is 17.5. The van der Waals surface area contributed by atoms with Gasteiger partial charge < -0.3 is 9.73 Å². The number of carbonyl (C=O) groups excluding carboxylic acids is 1. The van der Waals surface area contributed by atoms with E-state index in [0.29, 0.717) is 16.5 Å². The van der Waals surface area contributed by atoms with E-state index in [4.69, 9.17) is 21.0 Å². The fraction of sp³-hybridized carbons (Fsp3) is 0. The van der Waals surface area contributed by atoms with Crippen LogP contribution in [0.5, 0.6) is 0 Å². The zero-order valence-corrected chi connectivity index (χ0v) is 17.2. The van der Waals surface area contributed by atoms with Gasteiger partial charge in [-0.15, -0.1) is 11.3 Å². The zero-order valence-electron chi connectivity index (χ0n) is 15.6. The second kappa shape index (κ2) is 7.78. The summed E-state index contributed by atoms with van der Waals surface area (Å²) >= 11 is 7.53. The van der Waals surface area contributed by atoms with Gasteiger partial charge in [0.05, 0.1) is 15.9 Å². The third-order valence-corrected chi connectivity index (χ3v) is 5.98. The summed E-state index contributed by atoms with van der Waals surface area (Å²) in [5, 5.41) is 4.46. The number of thiazole rings is 1. The van der Waals surface area contributed by atoms with Crippen molar-refractivity contribution < 1.29 is 9.21 Å². The van der Waals surface area contributed by atoms with Gasteiger partial charge in [0.1, 0.15) is 10.8 Å². The Morgan fingerprint density at radius 3 is 2.50 bits per heavy atom. The number of amides is 1. The highest BCUT2D eigenvalue weighted by Gasteiger charge is 2.16. The third-order valence-electron chi connectivity index (χ3n) is 4.66. The van der Waals surface area contributed by atoms with E-state index in [1.54, 1.807) is 35.6 Å². The van der Waals surface area contributed by atoms with E-state index in [1.807, 2.05) is 60.7 Å². The summed E-state index contributed by atoms with van der Waals surface area (Å²) in [6, 6.07) is 26.3. The quantitative estimate of drug-likeness (QED) is 0.330. The summed E-state index contributed by atoms with van der Waals surface area (Å²) in [6.45, 7) is 0. The van der Waals surface area contributed by atoms with Crippen LogP contribution in [-0.4, -0.2) is 10.9 Å². The molecule has 0 atom stereocenters. The average molecular weight is 431 g/mol. The lowest BCUT2D eigenvalue weighted by molar-refractivity contribution is 0.0997. The normalized spacial score (nSPS) is 11.0. The van der Waals surface area contributed by atoms with Crippen molar-refractivity contribution in [2.45, 2.75) is 0 Å². The number of furan rings is 1. The van der Waals surface area contributed by atoms with Crippen LogP contribution in [0, 0.1) is 0 Å². The van der Waals surface area contributed by atoms with Crippen LogP contribution in [0.1, 0.15) is 10.6 Å². The fourth-order valence-corrected chi connectivity index (χ4v) is 4.31. The predicted octanol–water partition coefficient (Wildman–Crippen LogP) is 7.13. The van der Waals surface area contributed by atoms with Crippen LogP contribution in [0.4, 0.5) is 5.69 Å². The molecule has 2 aromatic heterocycles. The van der Waals surface area contributed by atoms with Gasteiger partial charge in [0, 0.05) is 16.1 Å². The van der Waals surface area contributed by atoms with Gasteiger partial charge in [-0.05, 0) is 60.7 Å². The Morgan fingerprint density at radius 1 is 0.900 bits per heavy atom. The third kappa shape index (κ3) is 3.61. The Labute approximate surface area is 181 Å². The molecule has 1 N–H and O–H groups in total. The molecule has 0 radical (unpaired) electrons. The van der Waals surface area contributed by atoms with Gasteiger partial charge in [0.2, 0.25) is 0 Å². The summed E-state index contributed by atoms with van der Waals surface area (Å²) in [5.41, 5.74) is 3.35. The van der Waals surface area contributed by atoms with E-state index < -0.39 is 0 Å². The molecule has 5 aromatic rings. The number of halogens is 1. The molecule has 3 aromatic carbocycles. The molecule has 0 aliphatic heterocycles. The molecule has 1 amide bonds. The van der Waals surface area contributed by atoms with Crippen molar-refractivity contribution in [3.8, 4) is 21.9 Å². The Balaban J connectivity index is 1.42. The first-order chi connectivity index (χ1) is 14.7. The number of carbonyl (C=O) groups is 1. The lowest BCUT2D eigenvalue weighted by Crippen LogP contribution is -2.11. The SMILES string of the molecule is O=C(Nc1ccccc1-c1nc2ccccc2s1)c1ccc(-c2ccc(Cl)cc2)o1. The van der Waals surface area contributed by atoms with Crippen LogP contribution >= 0.6 is 22.9 Å². The van der Waals surface area contributed by atoms with Gasteiger partial charge >= 0.3 is 0 Å². The van der Waals surface area contributed by atoms with Crippen molar-refractivity contribution in [1.82, 2.24) is 4.98 Å². The van der Waals surface area contributed by atoms with Gasteiger partial charge in [-0.25, -0.2) is 4.98 Å². The average Bonchev–Trinajstić information content (AvgIpc) is 3.42. The number of hydrogen-bond donors (Lipinski definition) is 1. The molecule has 0 saturated carbocycles. The van der Waals surface area contributed by atoms with Crippen molar-refractivity contribution in [1.29, 1.82) is 0 Å². The summed E-state index contributed by atoms with van der Waals surface area (Å²) in [5.74, 6) is 0.527. The van der Waals surface area contributed by atoms with E-state index in [9.17, 15) is 4.79 Å². The molecule has 0 unspecified atom stereocenters. The molecule has 0 spiro atoms. The number of para-hydroxylation sites is 2. The maximum absolute atomic E-state index is 12.8. The van der Waals surface area contributed by atoms with Gasteiger partial charge in [-0.1, -0.05) is 35.9 Å². The van der Waals surface area contributed by atoms with Crippen LogP contribution < -0.4 is 5.32 Å². The second-order valence-electron chi connectivity index (χ2n) is 6.66. The first kappa shape index (κ1) is 18.6. The Kier molecular flexibility index (Phi) is 4.83. The highest BCUT2D eigenvalue weighted by Crippen LogP contribution is 2.34. The van der Waals surface area contributed by atoms with E-state index in [0.717, 1.165) is 26.4 Å². The minimum atomic E-state index is -0.316. The zero-order chi connectivity index (χ0) is 20.5. The van der Waals surface area contributed by atoms with Gasteiger partial charge in [-0.2, -0.15) is 0 Å². The Bertz CT molecular complexity index is 1320. The molecule has 5 rings (SSSR count). The fourth-order valence-electron chi connectivity index (χ4n) is 3.18. The van der Waals surface area contributed by atoms with Crippen LogP contribution in [0.15, 0.2) is 89.3 Å². The summed E-state index contributed by atoms with van der Waals surface area (Å²) < 4.78 is 6.87. The number of aromatic nitrogens is 1. The Morgan fingerprint density at radius 2 is 1.67 bits per heavy atom. The summed E-state index contributed by atoms with van der Waals surface area (Å²) in [7, 11) is 0. The van der Waals surface area contributed by atoms with Gasteiger partial charge in [-0.3, -0.25) is 4.79 Å². The van der Waals surface area contributed by atoms with Crippen molar-refractivity contribution in [2.24, 2.45) is 0 Å². The van der Waals surface area contributed by atoms with E-state index >= 15 is 0 Å². The lowest BCUT2D eigenvalue weighted by atomic mass is 10.2. The molecule has 6 heteroatoms. The molecule has 2 heterocycles. The maximum Gasteiger partial charge on any atom is 0.291 e. The van der Waals surface area contributed by atoms with Crippen molar-refractivity contribution >= 4 is 44.7 Å². The molecule has 146 valence electrons. The van der Waals surface area contributed by atoms with E-state index in [1.165, 1.54) is 0 Å². The van der Waals surface area contributed by atoms with Gasteiger partial charge in [0.25, 0.3) is 5.91 Å². The molecule has 0 aliphatic carbocycles. The van der Waals surface area contributed by atoms with Crippen LogP contribution in [0.25, 0.3) is 32.1 Å². The standard InChI is InChI=1S/C24H15ClN2O2S/c25-16-11-9-15(10-12-16)20-13-14-21(29-20)23(28)26-18-6-2-1-5-17(18)24-27-19-7-3-4-8-22(19)30-24/h1-14H,(H,26,28). The molecular weight excluding hydrogens is 416 g/mol. The topological polar surface area (TPSA) is 55.1 Å². The molecule has 4 nitrogen and oxygen atoms in total.